The zero-order chi connectivity index (χ0) is 13.3. The molecule has 6 nitrogen and oxygen atoms in total. The average Bonchev–Trinajstić information content (AvgIpc) is 2.98. The minimum Gasteiger partial charge on any atom is -0.489 e. The Hall–Kier alpha value is -1.34. The van der Waals surface area contributed by atoms with Gasteiger partial charge in [0.15, 0.2) is 5.75 Å². The van der Waals surface area contributed by atoms with Gasteiger partial charge in [-0.2, -0.15) is 0 Å². The second-order valence-electron chi connectivity index (χ2n) is 4.50. The van der Waals surface area contributed by atoms with Crippen molar-refractivity contribution in [3.63, 3.8) is 0 Å². The van der Waals surface area contributed by atoms with Gasteiger partial charge in [-0.15, -0.1) is 0 Å². The van der Waals surface area contributed by atoms with Gasteiger partial charge < -0.3 is 9.47 Å². The van der Waals surface area contributed by atoms with Crippen molar-refractivity contribution in [2.45, 2.75) is 43.9 Å². The van der Waals surface area contributed by atoms with E-state index in [1.807, 2.05) is 13.8 Å². The molecule has 0 radical (unpaired) electrons. The molecule has 100 valence electrons. The predicted octanol–water partition coefficient (Wildman–Crippen LogP) is 1.06. The van der Waals surface area contributed by atoms with Crippen LogP contribution in [0.5, 0.6) is 11.5 Å². The molecule has 1 aromatic rings. The highest BCUT2D eigenvalue weighted by atomic mass is 32.2. The molecule has 0 aromatic carbocycles. The maximum atomic E-state index is 11.4. The summed E-state index contributed by atoms with van der Waals surface area (Å²) in [5, 5.41) is 4.85. The first-order chi connectivity index (χ1) is 8.36. The van der Waals surface area contributed by atoms with Gasteiger partial charge in [0.2, 0.25) is 5.03 Å². The molecule has 0 aliphatic heterocycles. The van der Waals surface area contributed by atoms with Crippen LogP contribution in [-0.4, -0.2) is 25.6 Å². The average molecular weight is 272 g/mol. The van der Waals surface area contributed by atoms with Crippen LogP contribution >= 0.6 is 0 Å². The van der Waals surface area contributed by atoms with E-state index in [4.69, 9.17) is 14.6 Å². The van der Waals surface area contributed by atoms with E-state index in [9.17, 15) is 8.42 Å². The van der Waals surface area contributed by atoms with Crippen LogP contribution in [0.15, 0.2) is 17.3 Å². The Kier molecular flexibility index (Phi) is 3.45. The number of hydrogen-bond donors (Lipinski definition) is 1. The largest absolute Gasteiger partial charge is 0.489 e. The van der Waals surface area contributed by atoms with Crippen LogP contribution in [0.3, 0.4) is 0 Å². The molecule has 0 unspecified atom stereocenters. The molecule has 7 heteroatoms. The molecule has 1 aliphatic carbocycles. The maximum Gasteiger partial charge on any atom is 0.259 e. The topological polar surface area (TPSA) is 91.5 Å². The molecular formula is C11H16N2O4S. The zero-order valence-corrected chi connectivity index (χ0v) is 11.1. The first-order valence-electron chi connectivity index (χ1n) is 5.72. The summed E-state index contributed by atoms with van der Waals surface area (Å²) in [5.74, 6) is 0.631. The summed E-state index contributed by atoms with van der Waals surface area (Å²) in [6.45, 7) is 3.74. The van der Waals surface area contributed by atoms with E-state index in [2.05, 4.69) is 4.98 Å². The molecule has 1 heterocycles. The third kappa shape index (κ3) is 3.33. The summed E-state index contributed by atoms with van der Waals surface area (Å²) >= 11 is 0. The fraction of sp³-hybridized carbons (Fsp3) is 0.545. The fourth-order valence-electron chi connectivity index (χ4n) is 1.41. The van der Waals surface area contributed by atoms with E-state index < -0.39 is 10.0 Å². The highest BCUT2D eigenvalue weighted by Crippen LogP contribution is 2.32. The lowest BCUT2D eigenvalue weighted by Gasteiger charge is -2.13. The normalized spacial score (nSPS) is 15.8. The van der Waals surface area contributed by atoms with Crippen molar-refractivity contribution in [2.24, 2.45) is 5.14 Å². The van der Waals surface area contributed by atoms with E-state index >= 15 is 0 Å². The summed E-state index contributed by atoms with van der Waals surface area (Å²) in [6.07, 6.45) is 3.19. The molecule has 1 aliphatic rings. The van der Waals surface area contributed by atoms with Crippen molar-refractivity contribution in [1.82, 2.24) is 4.98 Å². The first-order valence-corrected chi connectivity index (χ1v) is 7.27. The molecule has 0 saturated heterocycles. The second-order valence-corrected chi connectivity index (χ2v) is 5.98. The van der Waals surface area contributed by atoms with Crippen LogP contribution in [0.1, 0.15) is 26.7 Å². The van der Waals surface area contributed by atoms with Gasteiger partial charge in [-0.3, -0.25) is 0 Å². The van der Waals surface area contributed by atoms with Crippen LogP contribution in [0.4, 0.5) is 0 Å². The van der Waals surface area contributed by atoms with Gasteiger partial charge in [0.1, 0.15) is 5.75 Å². The van der Waals surface area contributed by atoms with Crippen molar-refractivity contribution in [3.05, 3.63) is 12.3 Å². The predicted molar refractivity (Wildman–Crippen MR) is 65.0 cm³/mol. The minimum atomic E-state index is -3.89. The van der Waals surface area contributed by atoms with E-state index in [0.717, 1.165) is 12.8 Å². The van der Waals surface area contributed by atoms with E-state index in [0.29, 0.717) is 5.75 Å². The number of ether oxygens (including phenoxy) is 2. The molecule has 2 rings (SSSR count). The number of hydrogen-bond acceptors (Lipinski definition) is 5. The summed E-state index contributed by atoms with van der Waals surface area (Å²) in [5.41, 5.74) is 0. The number of rotatable bonds is 5. The first kappa shape index (κ1) is 13.1. The third-order valence-corrected chi connectivity index (χ3v) is 3.10. The maximum absolute atomic E-state index is 11.4. The van der Waals surface area contributed by atoms with Gasteiger partial charge in [-0.05, 0) is 26.7 Å². The molecule has 0 amide bonds. The minimum absolute atomic E-state index is 0.0269. The monoisotopic (exact) mass is 272 g/mol. The van der Waals surface area contributed by atoms with Crippen LogP contribution in [0.25, 0.3) is 0 Å². The number of aromatic nitrogens is 1. The number of nitrogens with two attached hydrogens (primary N) is 1. The van der Waals surface area contributed by atoms with Gasteiger partial charge in [0, 0.05) is 6.07 Å². The lowest BCUT2D eigenvalue weighted by Crippen LogP contribution is -2.16. The van der Waals surface area contributed by atoms with Gasteiger partial charge in [0.25, 0.3) is 10.0 Å². The Morgan fingerprint density at radius 1 is 1.44 bits per heavy atom. The van der Waals surface area contributed by atoms with Crippen LogP contribution in [0.2, 0.25) is 0 Å². The Labute approximate surface area is 106 Å². The molecule has 1 aromatic heterocycles. The van der Waals surface area contributed by atoms with Crippen LogP contribution in [0, 0.1) is 0 Å². The molecule has 1 fully saturated rings. The Morgan fingerprint density at radius 3 is 2.61 bits per heavy atom. The van der Waals surface area contributed by atoms with Gasteiger partial charge >= 0.3 is 0 Å². The van der Waals surface area contributed by atoms with Crippen molar-refractivity contribution < 1.29 is 17.9 Å². The molecule has 0 bridgehead atoms. The van der Waals surface area contributed by atoms with E-state index in [1.165, 1.54) is 12.3 Å². The Morgan fingerprint density at radius 2 is 2.11 bits per heavy atom. The molecule has 2 N–H and O–H groups in total. The zero-order valence-electron chi connectivity index (χ0n) is 10.3. The number of sulfonamides is 1. The highest BCUT2D eigenvalue weighted by Gasteiger charge is 2.27. The number of pyridine rings is 1. The fourth-order valence-corrected chi connectivity index (χ4v) is 2.00. The summed E-state index contributed by atoms with van der Waals surface area (Å²) < 4.78 is 33.7. The lowest BCUT2D eigenvalue weighted by atomic mass is 10.4. The summed E-state index contributed by atoms with van der Waals surface area (Å²) in [6, 6.07) is 1.52. The quantitative estimate of drug-likeness (QED) is 0.865. The molecule has 1 saturated carbocycles. The number of primary sulfonamides is 1. The molecule has 18 heavy (non-hydrogen) atoms. The molecule has 0 atom stereocenters. The molecule has 0 spiro atoms. The molecular weight excluding hydrogens is 256 g/mol. The van der Waals surface area contributed by atoms with Gasteiger partial charge in [0.05, 0.1) is 18.4 Å². The highest BCUT2D eigenvalue weighted by molar-refractivity contribution is 7.89. The van der Waals surface area contributed by atoms with Crippen LogP contribution in [-0.2, 0) is 10.0 Å². The standard InChI is InChI=1S/C11H16N2O4S/c1-7(2)16-9-5-10(17-8-3-4-8)11(13-6-9)18(12,14)15/h5-8H,3-4H2,1-2H3,(H2,12,14,15). The third-order valence-electron chi connectivity index (χ3n) is 2.25. The smallest absolute Gasteiger partial charge is 0.259 e. The van der Waals surface area contributed by atoms with Crippen molar-refractivity contribution >= 4 is 10.0 Å². The summed E-state index contributed by atoms with van der Waals surface area (Å²) in [4.78, 5) is 3.82. The van der Waals surface area contributed by atoms with Crippen LogP contribution < -0.4 is 14.6 Å². The lowest BCUT2D eigenvalue weighted by molar-refractivity contribution is 0.236. The van der Waals surface area contributed by atoms with Gasteiger partial charge in [-0.25, -0.2) is 18.5 Å². The summed E-state index contributed by atoms with van der Waals surface area (Å²) in [7, 11) is -3.89. The second kappa shape index (κ2) is 4.74. The van der Waals surface area contributed by atoms with E-state index in [-0.39, 0.29) is 23.0 Å². The number of nitrogens with zero attached hydrogens (tertiary/aromatic N) is 1. The Balaban J connectivity index is 2.34. The van der Waals surface area contributed by atoms with Crippen molar-refractivity contribution in [2.75, 3.05) is 0 Å². The van der Waals surface area contributed by atoms with Crippen molar-refractivity contribution in [3.8, 4) is 11.5 Å². The van der Waals surface area contributed by atoms with Crippen molar-refractivity contribution in [1.29, 1.82) is 0 Å². The SMILES string of the molecule is CC(C)Oc1cnc(S(N)(=O)=O)c(OC2CC2)c1. The van der Waals surface area contributed by atoms with E-state index in [1.54, 1.807) is 0 Å². The Bertz CT molecular complexity index is 538. The van der Waals surface area contributed by atoms with Gasteiger partial charge in [-0.1, -0.05) is 0 Å².